The minimum Gasteiger partial charge on any atom is -0.479 e. The summed E-state index contributed by atoms with van der Waals surface area (Å²) in [5, 5.41) is 20.4. The number of esters is 1. The van der Waals surface area contributed by atoms with Gasteiger partial charge in [0.05, 0.1) is 32.7 Å². The molecule has 0 aromatic heterocycles. The molecular weight excluding hydrogens is 452 g/mol. The number of ether oxygens (including phenoxy) is 2. The highest BCUT2D eigenvalue weighted by Crippen LogP contribution is 2.35. The number of hydrogen-bond donors (Lipinski definition) is 0. The zero-order valence-electron chi connectivity index (χ0n) is 14.6. The van der Waals surface area contributed by atoms with E-state index >= 15 is 0 Å². The van der Waals surface area contributed by atoms with Crippen molar-refractivity contribution in [3.8, 4) is 11.8 Å². The number of nitro groups is 1. The largest absolute Gasteiger partial charge is 0.479 e. The molecule has 7 nitrogen and oxygen atoms in total. The number of carbonyl (C=O) groups excluding carboxylic acids is 1. The smallest absolute Gasteiger partial charge is 0.344 e. The Morgan fingerprint density at radius 1 is 1.36 bits per heavy atom. The molecule has 2 aromatic carbocycles. The van der Waals surface area contributed by atoms with Crippen LogP contribution in [0.25, 0.3) is 11.6 Å². The predicted molar refractivity (Wildman–Crippen MR) is 108 cm³/mol. The molecule has 0 N–H and O–H groups in total. The standard InChI is InChI=1S/C19H14BrClN2O5/c1-2-27-18(24)11-28-19-16(20)8-12(9-17(19)21)7-14(10-22)13-3-5-15(6-4-13)23(25)26/h3-9H,2,11H2,1H3/b14-7-. The molecule has 0 fully saturated rings. The Bertz CT molecular complexity index is 944. The van der Waals surface area contributed by atoms with Crippen molar-refractivity contribution in [2.45, 2.75) is 6.92 Å². The average Bonchev–Trinajstić information content (AvgIpc) is 2.65. The first kappa shape index (κ1) is 21.4. The minimum absolute atomic E-state index is 0.0602. The summed E-state index contributed by atoms with van der Waals surface area (Å²) in [5.41, 5.74) is 1.38. The Hall–Kier alpha value is -2.89. The molecule has 0 spiro atoms. The van der Waals surface area contributed by atoms with Crippen molar-refractivity contribution in [1.29, 1.82) is 5.26 Å². The maximum Gasteiger partial charge on any atom is 0.344 e. The van der Waals surface area contributed by atoms with Crippen LogP contribution in [0.2, 0.25) is 5.02 Å². The van der Waals surface area contributed by atoms with Crippen LogP contribution in [0, 0.1) is 21.4 Å². The summed E-state index contributed by atoms with van der Waals surface area (Å²) in [5.74, 6) is -0.236. The highest BCUT2D eigenvalue weighted by atomic mass is 79.9. The highest BCUT2D eigenvalue weighted by Gasteiger charge is 2.13. The number of benzene rings is 2. The molecule has 9 heteroatoms. The normalized spacial score (nSPS) is 10.9. The van der Waals surface area contributed by atoms with E-state index in [1.165, 1.54) is 24.3 Å². The van der Waals surface area contributed by atoms with Gasteiger partial charge in [-0.3, -0.25) is 10.1 Å². The molecule has 2 rings (SSSR count). The maximum atomic E-state index is 11.4. The van der Waals surface area contributed by atoms with E-state index in [1.807, 2.05) is 0 Å². The summed E-state index contributed by atoms with van der Waals surface area (Å²) < 4.78 is 10.7. The lowest BCUT2D eigenvalue weighted by Crippen LogP contribution is -2.14. The second-order valence-corrected chi connectivity index (χ2v) is 6.64. The van der Waals surface area contributed by atoms with Crippen LogP contribution < -0.4 is 4.74 Å². The average molecular weight is 466 g/mol. The first-order valence-corrected chi connectivity index (χ1v) is 9.17. The summed E-state index contributed by atoms with van der Waals surface area (Å²) >= 11 is 9.56. The summed E-state index contributed by atoms with van der Waals surface area (Å²) in [6.45, 7) is 1.66. The molecule has 0 atom stereocenters. The van der Waals surface area contributed by atoms with E-state index in [9.17, 15) is 20.2 Å². The number of hydrogen-bond acceptors (Lipinski definition) is 6. The van der Waals surface area contributed by atoms with Crippen LogP contribution in [-0.4, -0.2) is 24.1 Å². The van der Waals surface area contributed by atoms with E-state index in [2.05, 4.69) is 22.0 Å². The maximum absolute atomic E-state index is 11.4. The summed E-state index contributed by atoms with van der Waals surface area (Å²) in [7, 11) is 0. The van der Waals surface area contributed by atoms with Crippen LogP contribution in [0.3, 0.4) is 0 Å². The summed E-state index contributed by atoms with van der Waals surface area (Å²) in [4.78, 5) is 21.7. The number of nitro benzene ring substituents is 1. The molecular formula is C19H14BrClN2O5. The van der Waals surface area contributed by atoms with Gasteiger partial charge in [-0.2, -0.15) is 5.26 Å². The predicted octanol–water partition coefficient (Wildman–Crippen LogP) is 5.02. The van der Waals surface area contributed by atoms with Crippen molar-refractivity contribution in [2.75, 3.05) is 13.2 Å². The van der Waals surface area contributed by atoms with Crippen LogP contribution >= 0.6 is 27.5 Å². The first-order valence-electron chi connectivity index (χ1n) is 7.99. The summed E-state index contributed by atoms with van der Waals surface area (Å²) in [6, 6.07) is 11.0. The third kappa shape index (κ3) is 5.55. The minimum atomic E-state index is -0.514. The Morgan fingerprint density at radius 3 is 2.57 bits per heavy atom. The number of carbonyl (C=O) groups is 1. The lowest BCUT2D eigenvalue weighted by molar-refractivity contribution is -0.384. The Kier molecular flexibility index (Phi) is 7.55. The third-order valence-electron chi connectivity index (χ3n) is 3.48. The van der Waals surface area contributed by atoms with Crippen molar-refractivity contribution in [3.63, 3.8) is 0 Å². The number of non-ortho nitro benzene ring substituents is 1. The van der Waals surface area contributed by atoms with Crippen LogP contribution in [0.15, 0.2) is 40.9 Å². The van der Waals surface area contributed by atoms with Crippen molar-refractivity contribution in [3.05, 3.63) is 67.1 Å². The van der Waals surface area contributed by atoms with Gasteiger partial charge in [0.25, 0.3) is 5.69 Å². The fourth-order valence-electron chi connectivity index (χ4n) is 2.24. The van der Waals surface area contributed by atoms with Crippen molar-refractivity contribution >= 4 is 50.8 Å². The molecule has 0 aliphatic carbocycles. The third-order valence-corrected chi connectivity index (χ3v) is 4.35. The molecule has 0 bridgehead atoms. The second kappa shape index (κ2) is 9.88. The molecule has 0 radical (unpaired) electrons. The quantitative estimate of drug-likeness (QED) is 0.187. The van der Waals surface area contributed by atoms with E-state index in [4.69, 9.17) is 21.1 Å². The molecule has 0 saturated heterocycles. The van der Waals surface area contributed by atoms with Crippen LogP contribution in [0.1, 0.15) is 18.1 Å². The van der Waals surface area contributed by atoms with Gasteiger partial charge in [-0.25, -0.2) is 4.79 Å². The number of nitriles is 1. The number of nitrogens with zero attached hydrogens (tertiary/aromatic N) is 2. The first-order chi connectivity index (χ1) is 13.3. The molecule has 0 aliphatic rings. The van der Waals surface area contributed by atoms with E-state index in [0.29, 0.717) is 21.2 Å². The Morgan fingerprint density at radius 2 is 2.04 bits per heavy atom. The molecule has 0 unspecified atom stereocenters. The Balaban J connectivity index is 2.27. The molecule has 0 aliphatic heterocycles. The van der Waals surface area contributed by atoms with Gasteiger partial charge in [0, 0.05) is 12.1 Å². The van der Waals surface area contributed by atoms with E-state index < -0.39 is 10.9 Å². The molecule has 0 amide bonds. The van der Waals surface area contributed by atoms with Crippen molar-refractivity contribution < 1.29 is 19.2 Å². The number of rotatable bonds is 7. The molecule has 144 valence electrons. The molecule has 0 saturated carbocycles. The van der Waals surface area contributed by atoms with Crippen LogP contribution in [0.4, 0.5) is 5.69 Å². The zero-order valence-corrected chi connectivity index (χ0v) is 17.0. The number of halogens is 2. The fraction of sp³-hybridized carbons (Fsp3) is 0.158. The van der Waals surface area contributed by atoms with E-state index in [-0.39, 0.29) is 29.7 Å². The number of allylic oxidation sites excluding steroid dienone is 1. The lowest BCUT2D eigenvalue weighted by Gasteiger charge is -2.11. The van der Waals surface area contributed by atoms with Gasteiger partial charge in [-0.15, -0.1) is 0 Å². The van der Waals surface area contributed by atoms with Crippen molar-refractivity contribution in [1.82, 2.24) is 0 Å². The fourth-order valence-corrected chi connectivity index (χ4v) is 3.23. The van der Waals surface area contributed by atoms with Gasteiger partial charge in [-0.05, 0) is 64.3 Å². The van der Waals surface area contributed by atoms with Gasteiger partial charge in [0.2, 0.25) is 0 Å². The van der Waals surface area contributed by atoms with Crippen molar-refractivity contribution in [2.24, 2.45) is 0 Å². The summed E-state index contributed by atoms with van der Waals surface area (Å²) in [6.07, 6.45) is 1.59. The van der Waals surface area contributed by atoms with Gasteiger partial charge < -0.3 is 9.47 Å². The van der Waals surface area contributed by atoms with Crippen LogP contribution in [0.5, 0.6) is 5.75 Å². The van der Waals surface area contributed by atoms with E-state index in [0.717, 1.165) is 0 Å². The zero-order chi connectivity index (χ0) is 20.7. The van der Waals surface area contributed by atoms with Crippen LogP contribution in [-0.2, 0) is 9.53 Å². The lowest BCUT2D eigenvalue weighted by atomic mass is 10.0. The van der Waals surface area contributed by atoms with E-state index in [1.54, 1.807) is 25.1 Å². The van der Waals surface area contributed by atoms with Gasteiger partial charge in [0.15, 0.2) is 12.4 Å². The van der Waals surface area contributed by atoms with Gasteiger partial charge >= 0.3 is 5.97 Å². The molecule has 0 heterocycles. The molecule has 2 aromatic rings. The Labute approximate surface area is 174 Å². The highest BCUT2D eigenvalue weighted by molar-refractivity contribution is 9.10. The topological polar surface area (TPSA) is 102 Å². The van der Waals surface area contributed by atoms with Gasteiger partial charge in [0.1, 0.15) is 0 Å². The SMILES string of the molecule is CCOC(=O)COc1c(Cl)cc(/C=C(/C#N)c2ccc([N+](=O)[O-])cc2)cc1Br. The monoisotopic (exact) mass is 464 g/mol. The molecule has 28 heavy (non-hydrogen) atoms. The van der Waals surface area contributed by atoms with Gasteiger partial charge in [-0.1, -0.05) is 11.6 Å². The second-order valence-electron chi connectivity index (χ2n) is 5.38.